The van der Waals surface area contributed by atoms with Crippen LogP contribution in [0.15, 0.2) is 18.2 Å². The molecule has 0 saturated carbocycles. The van der Waals surface area contributed by atoms with Crippen LogP contribution in [-0.2, 0) is 6.42 Å². The summed E-state index contributed by atoms with van der Waals surface area (Å²) >= 11 is 0. The first-order valence-corrected chi connectivity index (χ1v) is 12.0. The standard InChI is InChI=1S/C26H46O/c1-4-7-9-10-11-12-13-14-15-17-20-25-24(21-18-22-26(25)27)23(6-3)19-16-8-5-2/h18,21-23,27H,4-17,19-20H2,1-3H3. The molecule has 0 bridgehead atoms. The van der Waals surface area contributed by atoms with Gasteiger partial charge in [-0.15, -0.1) is 0 Å². The van der Waals surface area contributed by atoms with Gasteiger partial charge >= 0.3 is 0 Å². The molecule has 0 fully saturated rings. The molecule has 27 heavy (non-hydrogen) atoms. The molecule has 1 rings (SSSR count). The molecule has 0 heterocycles. The molecular formula is C26H46O. The van der Waals surface area contributed by atoms with Crippen molar-refractivity contribution in [2.45, 2.75) is 129 Å². The van der Waals surface area contributed by atoms with Crippen LogP contribution in [0.3, 0.4) is 0 Å². The van der Waals surface area contributed by atoms with E-state index in [2.05, 4.69) is 26.8 Å². The van der Waals surface area contributed by atoms with Gasteiger partial charge in [0.2, 0.25) is 0 Å². The predicted octanol–water partition coefficient (Wildman–Crippen LogP) is 8.93. The Morgan fingerprint density at radius 2 is 1.26 bits per heavy atom. The van der Waals surface area contributed by atoms with Crippen LogP contribution in [0.1, 0.15) is 134 Å². The largest absolute Gasteiger partial charge is 0.508 e. The van der Waals surface area contributed by atoms with E-state index in [1.165, 1.54) is 107 Å². The van der Waals surface area contributed by atoms with Crippen LogP contribution < -0.4 is 0 Å². The number of hydrogen-bond acceptors (Lipinski definition) is 1. The molecule has 0 amide bonds. The molecule has 156 valence electrons. The van der Waals surface area contributed by atoms with Gasteiger partial charge in [-0.3, -0.25) is 0 Å². The van der Waals surface area contributed by atoms with E-state index in [0.717, 1.165) is 6.42 Å². The summed E-state index contributed by atoms with van der Waals surface area (Å²) in [5.41, 5.74) is 2.66. The first kappa shape index (κ1) is 24.1. The second-order valence-corrected chi connectivity index (χ2v) is 8.38. The highest BCUT2D eigenvalue weighted by Gasteiger charge is 2.15. The van der Waals surface area contributed by atoms with E-state index in [-0.39, 0.29) is 0 Å². The molecule has 1 aromatic rings. The lowest BCUT2D eigenvalue weighted by Gasteiger charge is -2.20. The van der Waals surface area contributed by atoms with E-state index in [1.54, 1.807) is 0 Å². The lowest BCUT2D eigenvalue weighted by atomic mass is 9.86. The van der Waals surface area contributed by atoms with E-state index in [4.69, 9.17) is 0 Å². The molecule has 1 unspecified atom stereocenters. The number of benzene rings is 1. The van der Waals surface area contributed by atoms with Crippen molar-refractivity contribution in [3.63, 3.8) is 0 Å². The van der Waals surface area contributed by atoms with Crippen LogP contribution in [0, 0.1) is 0 Å². The van der Waals surface area contributed by atoms with Gasteiger partial charge in [-0.1, -0.05) is 110 Å². The van der Waals surface area contributed by atoms with Crippen molar-refractivity contribution in [1.82, 2.24) is 0 Å². The maximum atomic E-state index is 10.5. The Bertz CT molecular complexity index is 465. The molecular weight excluding hydrogens is 328 g/mol. The van der Waals surface area contributed by atoms with Gasteiger partial charge in [0.05, 0.1) is 0 Å². The summed E-state index contributed by atoms with van der Waals surface area (Å²) in [5.74, 6) is 1.14. The zero-order valence-electron chi connectivity index (χ0n) is 18.6. The average molecular weight is 375 g/mol. The van der Waals surface area contributed by atoms with Crippen LogP contribution in [-0.4, -0.2) is 5.11 Å². The Hall–Kier alpha value is -0.980. The SMILES string of the molecule is CCCCCCCCCCCCc1c(O)cccc1C(CC)CCCCC. The number of unbranched alkanes of at least 4 members (excludes halogenated alkanes) is 11. The molecule has 1 N–H and O–H groups in total. The zero-order chi connectivity index (χ0) is 19.7. The topological polar surface area (TPSA) is 20.2 Å². The van der Waals surface area contributed by atoms with Gasteiger partial charge in [-0.05, 0) is 48.8 Å². The number of phenols is 1. The Labute approximate surface area is 170 Å². The Balaban J connectivity index is 2.37. The number of rotatable bonds is 17. The monoisotopic (exact) mass is 374 g/mol. The summed E-state index contributed by atoms with van der Waals surface area (Å²) < 4.78 is 0. The van der Waals surface area contributed by atoms with Gasteiger partial charge in [0, 0.05) is 0 Å². The fourth-order valence-electron chi connectivity index (χ4n) is 4.26. The fraction of sp³-hybridized carbons (Fsp3) is 0.769. The summed E-state index contributed by atoms with van der Waals surface area (Å²) in [6.45, 7) is 6.85. The first-order valence-electron chi connectivity index (χ1n) is 12.0. The molecule has 0 aliphatic rings. The summed E-state index contributed by atoms with van der Waals surface area (Å²) in [4.78, 5) is 0. The highest BCUT2D eigenvalue weighted by atomic mass is 16.3. The zero-order valence-corrected chi connectivity index (χ0v) is 18.6. The normalized spacial score (nSPS) is 12.4. The van der Waals surface area contributed by atoms with Crippen LogP contribution >= 0.6 is 0 Å². The number of phenolic OH excluding ortho intramolecular Hbond substituents is 1. The smallest absolute Gasteiger partial charge is 0.119 e. The number of aromatic hydroxyl groups is 1. The van der Waals surface area contributed by atoms with Gasteiger partial charge in [-0.25, -0.2) is 0 Å². The highest BCUT2D eigenvalue weighted by molar-refractivity contribution is 5.41. The first-order chi connectivity index (χ1) is 13.2. The number of hydrogen-bond donors (Lipinski definition) is 1. The molecule has 0 aromatic heterocycles. The van der Waals surface area contributed by atoms with E-state index in [9.17, 15) is 5.11 Å². The van der Waals surface area contributed by atoms with Gasteiger partial charge in [0.1, 0.15) is 5.75 Å². The summed E-state index contributed by atoms with van der Waals surface area (Å²) in [6.07, 6.45) is 21.1. The van der Waals surface area contributed by atoms with Crippen molar-refractivity contribution in [2.24, 2.45) is 0 Å². The van der Waals surface area contributed by atoms with Crippen molar-refractivity contribution in [3.8, 4) is 5.75 Å². The van der Waals surface area contributed by atoms with Gasteiger partial charge in [0.25, 0.3) is 0 Å². The van der Waals surface area contributed by atoms with Gasteiger partial charge < -0.3 is 5.11 Å². The lowest BCUT2D eigenvalue weighted by Crippen LogP contribution is -2.03. The second kappa shape index (κ2) is 16.0. The average Bonchev–Trinajstić information content (AvgIpc) is 2.68. The van der Waals surface area contributed by atoms with E-state index >= 15 is 0 Å². The van der Waals surface area contributed by atoms with E-state index in [0.29, 0.717) is 11.7 Å². The molecule has 0 aliphatic heterocycles. The van der Waals surface area contributed by atoms with Crippen molar-refractivity contribution in [3.05, 3.63) is 29.3 Å². The molecule has 0 radical (unpaired) electrons. The lowest BCUT2D eigenvalue weighted by molar-refractivity contribution is 0.460. The van der Waals surface area contributed by atoms with E-state index in [1.807, 2.05) is 12.1 Å². The third-order valence-corrected chi connectivity index (χ3v) is 6.06. The second-order valence-electron chi connectivity index (χ2n) is 8.38. The fourth-order valence-corrected chi connectivity index (χ4v) is 4.26. The molecule has 0 spiro atoms. The van der Waals surface area contributed by atoms with Crippen LogP contribution in [0.2, 0.25) is 0 Å². The van der Waals surface area contributed by atoms with Crippen molar-refractivity contribution in [2.75, 3.05) is 0 Å². The van der Waals surface area contributed by atoms with Crippen molar-refractivity contribution < 1.29 is 5.11 Å². The molecule has 1 nitrogen and oxygen atoms in total. The van der Waals surface area contributed by atoms with Crippen LogP contribution in [0.5, 0.6) is 5.75 Å². The summed E-state index contributed by atoms with van der Waals surface area (Å²) in [7, 11) is 0. The molecule has 1 aromatic carbocycles. The summed E-state index contributed by atoms with van der Waals surface area (Å²) in [5, 5.41) is 10.5. The minimum atomic E-state index is 0.525. The third kappa shape index (κ3) is 10.2. The minimum Gasteiger partial charge on any atom is -0.508 e. The molecule has 1 heteroatoms. The Kier molecular flexibility index (Phi) is 14.3. The molecule has 1 atom stereocenters. The van der Waals surface area contributed by atoms with E-state index < -0.39 is 0 Å². The highest BCUT2D eigenvalue weighted by Crippen LogP contribution is 2.33. The van der Waals surface area contributed by atoms with Gasteiger partial charge in [0.15, 0.2) is 0 Å². The van der Waals surface area contributed by atoms with Crippen molar-refractivity contribution >= 4 is 0 Å². The van der Waals surface area contributed by atoms with Crippen LogP contribution in [0.4, 0.5) is 0 Å². The summed E-state index contributed by atoms with van der Waals surface area (Å²) in [6, 6.07) is 6.19. The Morgan fingerprint density at radius 1 is 0.704 bits per heavy atom. The Morgan fingerprint density at radius 3 is 1.85 bits per heavy atom. The molecule has 0 saturated heterocycles. The van der Waals surface area contributed by atoms with Gasteiger partial charge in [-0.2, -0.15) is 0 Å². The quantitative estimate of drug-likeness (QED) is 0.270. The maximum Gasteiger partial charge on any atom is 0.119 e. The van der Waals surface area contributed by atoms with Crippen LogP contribution in [0.25, 0.3) is 0 Å². The predicted molar refractivity (Wildman–Crippen MR) is 121 cm³/mol. The van der Waals surface area contributed by atoms with Crippen molar-refractivity contribution in [1.29, 1.82) is 0 Å². The molecule has 0 aliphatic carbocycles. The maximum absolute atomic E-state index is 10.5. The minimum absolute atomic E-state index is 0.525. The third-order valence-electron chi connectivity index (χ3n) is 6.06.